The van der Waals surface area contributed by atoms with Crippen LogP contribution in [-0.4, -0.2) is 19.0 Å². The standard InChI is InChI=1S/C15H12ClNO3S/c1-20-15(19)14-12(8-9-21-14)17-13(18)7-6-10-4-2-3-5-11(10)16/h2-9H,1H3,(H,17,18)/b7-6+. The molecule has 0 spiro atoms. The van der Waals surface area contributed by atoms with Crippen molar-refractivity contribution >= 4 is 46.6 Å². The number of rotatable bonds is 4. The molecule has 21 heavy (non-hydrogen) atoms. The van der Waals surface area contributed by atoms with E-state index in [1.54, 1.807) is 29.7 Å². The number of thiophene rings is 1. The smallest absolute Gasteiger partial charge is 0.350 e. The molecule has 1 aromatic carbocycles. The normalized spacial score (nSPS) is 10.6. The van der Waals surface area contributed by atoms with Gasteiger partial charge in [0.25, 0.3) is 0 Å². The van der Waals surface area contributed by atoms with Crippen LogP contribution in [0.15, 0.2) is 41.8 Å². The summed E-state index contributed by atoms with van der Waals surface area (Å²) < 4.78 is 4.65. The maximum absolute atomic E-state index is 11.9. The Morgan fingerprint density at radius 3 is 2.76 bits per heavy atom. The van der Waals surface area contributed by atoms with E-state index in [1.165, 1.54) is 24.5 Å². The highest BCUT2D eigenvalue weighted by atomic mass is 35.5. The maximum Gasteiger partial charge on any atom is 0.350 e. The van der Waals surface area contributed by atoms with E-state index < -0.39 is 5.97 Å². The van der Waals surface area contributed by atoms with Gasteiger partial charge in [-0.25, -0.2) is 4.79 Å². The number of benzene rings is 1. The van der Waals surface area contributed by atoms with Gasteiger partial charge in [0, 0.05) is 11.1 Å². The largest absolute Gasteiger partial charge is 0.465 e. The molecule has 1 amide bonds. The molecule has 0 bridgehead atoms. The Balaban J connectivity index is 2.08. The topological polar surface area (TPSA) is 55.4 Å². The van der Waals surface area contributed by atoms with E-state index in [1.807, 2.05) is 12.1 Å². The summed E-state index contributed by atoms with van der Waals surface area (Å²) in [4.78, 5) is 23.7. The van der Waals surface area contributed by atoms with Crippen molar-refractivity contribution in [2.75, 3.05) is 12.4 Å². The quantitative estimate of drug-likeness (QED) is 0.687. The SMILES string of the molecule is COC(=O)c1sccc1NC(=O)/C=C/c1ccccc1Cl. The fraction of sp³-hybridized carbons (Fsp3) is 0.0667. The predicted octanol–water partition coefficient (Wildman–Crippen LogP) is 3.84. The third kappa shape index (κ3) is 3.93. The molecule has 0 aliphatic carbocycles. The molecular formula is C15H12ClNO3S. The number of carbonyl (C=O) groups is 2. The number of amides is 1. The van der Waals surface area contributed by atoms with Crippen LogP contribution in [0.25, 0.3) is 6.08 Å². The molecule has 0 unspecified atom stereocenters. The minimum absolute atomic E-state index is 0.349. The first-order valence-corrected chi connectivity index (χ1v) is 7.27. The number of halogens is 1. The molecule has 0 atom stereocenters. The summed E-state index contributed by atoms with van der Waals surface area (Å²) in [5.74, 6) is -0.825. The Labute approximate surface area is 131 Å². The molecule has 6 heteroatoms. The fourth-order valence-electron chi connectivity index (χ4n) is 1.61. The van der Waals surface area contributed by atoms with Gasteiger partial charge < -0.3 is 10.1 Å². The summed E-state index contributed by atoms with van der Waals surface area (Å²) in [6.45, 7) is 0. The second-order valence-corrected chi connectivity index (χ2v) is 5.32. The van der Waals surface area contributed by atoms with Gasteiger partial charge in [-0.2, -0.15) is 0 Å². The van der Waals surface area contributed by atoms with Crippen LogP contribution in [0, 0.1) is 0 Å². The van der Waals surface area contributed by atoms with Gasteiger partial charge in [0.05, 0.1) is 12.8 Å². The molecule has 1 N–H and O–H groups in total. The molecule has 0 aliphatic rings. The van der Waals surface area contributed by atoms with Crippen LogP contribution >= 0.6 is 22.9 Å². The number of carbonyl (C=O) groups excluding carboxylic acids is 2. The van der Waals surface area contributed by atoms with Crippen molar-refractivity contribution in [3.05, 3.63) is 57.3 Å². The number of anilines is 1. The third-order valence-electron chi connectivity index (χ3n) is 2.61. The summed E-state index contributed by atoms with van der Waals surface area (Å²) in [6.07, 6.45) is 2.97. The maximum atomic E-state index is 11.9. The zero-order valence-corrected chi connectivity index (χ0v) is 12.7. The van der Waals surface area contributed by atoms with Crippen molar-refractivity contribution in [1.82, 2.24) is 0 Å². The van der Waals surface area contributed by atoms with E-state index in [-0.39, 0.29) is 5.91 Å². The number of hydrogen-bond acceptors (Lipinski definition) is 4. The van der Waals surface area contributed by atoms with Crippen molar-refractivity contribution in [1.29, 1.82) is 0 Å². The van der Waals surface area contributed by atoms with Gasteiger partial charge in [-0.15, -0.1) is 11.3 Å². The lowest BCUT2D eigenvalue weighted by atomic mass is 10.2. The van der Waals surface area contributed by atoms with E-state index in [0.717, 1.165) is 5.56 Å². The number of methoxy groups -OCH3 is 1. The lowest BCUT2D eigenvalue weighted by molar-refractivity contribution is -0.111. The van der Waals surface area contributed by atoms with Gasteiger partial charge in [-0.3, -0.25) is 4.79 Å². The van der Waals surface area contributed by atoms with Crippen LogP contribution in [-0.2, 0) is 9.53 Å². The first-order chi connectivity index (χ1) is 10.1. The zero-order valence-electron chi connectivity index (χ0n) is 11.1. The van der Waals surface area contributed by atoms with Crippen LogP contribution in [0.5, 0.6) is 0 Å². The molecule has 0 saturated heterocycles. The van der Waals surface area contributed by atoms with Gasteiger partial charge in [0.2, 0.25) is 5.91 Å². The second kappa shape index (κ2) is 7.06. The molecule has 0 saturated carbocycles. The number of nitrogens with one attached hydrogen (secondary N) is 1. The lowest BCUT2D eigenvalue weighted by Gasteiger charge is -2.02. The average molecular weight is 322 g/mol. The van der Waals surface area contributed by atoms with Crippen molar-refractivity contribution in [2.45, 2.75) is 0 Å². The number of esters is 1. The molecule has 1 heterocycles. The average Bonchev–Trinajstić information content (AvgIpc) is 2.93. The highest BCUT2D eigenvalue weighted by molar-refractivity contribution is 7.12. The monoisotopic (exact) mass is 321 g/mol. The van der Waals surface area contributed by atoms with Crippen LogP contribution in [0.1, 0.15) is 15.2 Å². The van der Waals surface area contributed by atoms with Gasteiger partial charge in [0.1, 0.15) is 4.88 Å². The molecular weight excluding hydrogens is 310 g/mol. The molecule has 2 aromatic rings. The molecule has 0 fully saturated rings. The van der Waals surface area contributed by atoms with E-state index >= 15 is 0 Å². The van der Waals surface area contributed by atoms with E-state index in [4.69, 9.17) is 11.6 Å². The Bertz CT molecular complexity index is 694. The van der Waals surface area contributed by atoms with Crippen molar-refractivity contribution in [3.8, 4) is 0 Å². The molecule has 2 rings (SSSR count). The van der Waals surface area contributed by atoms with E-state index in [9.17, 15) is 9.59 Å². The molecule has 1 aromatic heterocycles. The predicted molar refractivity (Wildman–Crippen MR) is 84.8 cm³/mol. The minimum atomic E-state index is -0.476. The van der Waals surface area contributed by atoms with Crippen LogP contribution in [0.3, 0.4) is 0 Å². The van der Waals surface area contributed by atoms with Crippen LogP contribution in [0.2, 0.25) is 5.02 Å². The van der Waals surface area contributed by atoms with Gasteiger partial charge in [-0.1, -0.05) is 29.8 Å². The Hall–Kier alpha value is -2.11. The number of hydrogen-bond donors (Lipinski definition) is 1. The highest BCUT2D eigenvalue weighted by Crippen LogP contribution is 2.23. The van der Waals surface area contributed by atoms with Gasteiger partial charge >= 0.3 is 5.97 Å². The Morgan fingerprint density at radius 1 is 1.29 bits per heavy atom. The van der Waals surface area contributed by atoms with Gasteiger partial charge in [0.15, 0.2) is 0 Å². The Morgan fingerprint density at radius 2 is 2.05 bits per heavy atom. The summed E-state index contributed by atoms with van der Waals surface area (Å²) in [5.41, 5.74) is 1.17. The molecule has 4 nitrogen and oxygen atoms in total. The summed E-state index contributed by atoms with van der Waals surface area (Å²) >= 11 is 7.20. The Kier molecular flexibility index (Phi) is 5.14. The summed E-state index contributed by atoms with van der Waals surface area (Å²) in [6, 6.07) is 8.84. The molecule has 108 valence electrons. The first kappa shape index (κ1) is 15.3. The van der Waals surface area contributed by atoms with E-state index in [0.29, 0.717) is 15.6 Å². The second-order valence-electron chi connectivity index (χ2n) is 4.00. The highest BCUT2D eigenvalue weighted by Gasteiger charge is 2.14. The fourth-order valence-corrected chi connectivity index (χ4v) is 2.57. The minimum Gasteiger partial charge on any atom is -0.465 e. The summed E-state index contributed by atoms with van der Waals surface area (Å²) in [7, 11) is 1.30. The van der Waals surface area contributed by atoms with Crippen molar-refractivity contribution in [3.63, 3.8) is 0 Å². The van der Waals surface area contributed by atoms with Gasteiger partial charge in [-0.05, 0) is 29.2 Å². The van der Waals surface area contributed by atoms with Crippen LogP contribution < -0.4 is 5.32 Å². The first-order valence-electron chi connectivity index (χ1n) is 6.01. The van der Waals surface area contributed by atoms with Crippen molar-refractivity contribution in [2.24, 2.45) is 0 Å². The molecule has 0 radical (unpaired) electrons. The third-order valence-corrected chi connectivity index (χ3v) is 3.85. The zero-order chi connectivity index (χ0) is 15.2. The lowest BCUT2D eigenvalue weighted by Crippen LogP contribution is -2.10. The van der Waals surface area contributed by atoms with Crippen molar-refractivity contribution < 1.29 is 14.3 Å². The van der Waals surface area contributed by atoms with E-state index in [2.05, 4.69) is 10.1 Å². The number of ether oxygens (including phenoxy) is 1. The summed E-state index contributed by atoms with van der Waals surface area (Å²) in [5, 5.41) is 4.91. The molecule has 0 aliphatic heterocycles. The van der Waals surface area contributed by atoms with Crippen LogP contribution in [0.4, 0.5) is 5.69 Å².